The van der Waals surface area contributed by atoms with Crippen molar-refractivity contribution in [2.45, 2.75) is 19.4 Å². The standard InChI is InChI=1S/C18H16Cl2N4O/c1-11-21-18(24-23-11)17(12-5-3-2-4-6-12)22-16(25)9-13-7-8-14(19)10-15(13)20/h2-8,10,17H,9H2,1H3,(H,22,25)(H,21,23,24). The smallest absolute Gasteiger partial charge is 0.225 e. The van der Waals surface area contributed by atoms with E-state index in [0.29, 0.717) is 27.3 Å². The molecule has 2 aromatic carbocycles. The highest BCUT2D eigenvalue weighted by Crippen LogP contribution is 2.23. The van der Waals surface area contributed by atoms with Gasteiger partial charge in [-0.1, -0.05) is 59.6 Å². The molecule has 1 heterocycles. The molecule has 0 fully saturated rings. The number of H-pyrrole nitrogens is 1. The molecule has 0 aliphatic carbocycles. The highest BCUT2D eigenvalue weighted by atomic mass is 35.5. The molecule has 0 aliphatic heterocycles. The molecular weight excluding hydrogens is 359 g/mol. The first-order valence-corrected chi connectivity index (χ1v) is 8.45. The lowest BCUT2D eigenvalue weighted by Crippen LogP contribution is -2.31. The van der Waals surface area contributed by atoms with Crippen LogP contribution in [-0.4, -0.2) is 21.1 Å². The van der Waals surface area contributed by atoms with Gasteiger partial charge in [0.2, 0.25) is 5.91 Å². The number of aromatic amines is 1. The van der Waals surface area contributed by atoms with Crippen LogP contribution >= 0.6 is 23.2 Å². The molecular formula is C18H16Cl2N4O. The molecule has 7 heteroatoms. The second kappa shape index (κ2) is 7.68. The summed E-state index contributed by atoms with van der Waals surface area (Å²) < 4.78 is 0. The van der Waals surface area contributed by atoms with Crippen molar-refractivity contribution in [3.8, 4) is 0 Å². The third kappa shape index (κ3) is 4.38. The topological polar surface area (TPSA) is 70.7 Å². The fourth-order valence-corrected chi connectivity index (χ4v) is 2.96. The van der Waals surface area contributed by atoms with Crippen LogP contribution in [0.2, 0.25) is 10.0 Å². The number of aromatic nitrogens is 3. The van der Waals surface area contributed by atoms with Gasteiger partial charge in [0.1, 0.15) is 11.9 Å². The Bertz CT molecular complexity index is 880. The maximum atomic E-state index is 12.5. The Morgan fingerprint density at radius 1 is 1.20 bits per heavy atom. The van der Waals surface area contributed by atoms with Crippen LogP contribution in [0.5, 0.6) is 0 Å². The molecule has 128 valence electrons. The molecule has 3 aromatic rings. The van der Waals surface area contributed by atoms with Crippen molar-refractivity contribution in [3.63, 3.8) is 0 Å². The van der Waals surface area contributed by atoms with E-state index >= 15 is 0 Å². The van der Waals surface area contributed by atoms with E-state index in [1.54, 1.807) is 18.2 Å². The van der Waals surface area contributed by atoms with E-state index in [1.165, 1.54) is 0 Å². The zero-order valence-electron chi connectivity index (χ0n) is 13.5. The van der Waals surface area contributed by atoms with E-state index in [4.69, 9.17) is 23.2 Å². The van der Waals surface area contributed by atoms with E-state index in [1.807, 2.05) is 37.3 Å². The summed E-state index contributed by atoms with van der Waals surface area (Å²) in [4.78, 5) is 16.9. The molecule has 0 saturated heterocycles. The Balaban J connectivity index is 1.81. The molecule has 0 radical (unpaired) electrons. The number of nitrogens with zero attached hydrogens (tertiary/aromatic N) is 2. The monoisotopic (exact) mass is 374 g/mol. The number of nitrogens with one attached hydrogen (secondary N) is 2. The van der Waals surface area contributed by atoms with Gasteiger partial charge in [0.15, 0.2) is 5.82 Å². The Morgan fingerprint density at radius 3 is 2.60 bits per heavy atom. The molecule has 25 heavy (non-hydrogen) atoms. The van der Waals surface area contributed by atoms with Crippen LogP contribution in [0.4, 0.5) is 0 Å². The minimum absolute atomic E-state index is 0.142. The van der Waals surface area contributed by atoms with Crippen LogP contribution in [0.1, 0.15) is 28.8 Å². The van der Waals surface area contributed by atoms with Crippen molar-refractivity contribution >= 4 is 29.1 Å². The molecule has 1 amide bonds. The van der Waals surface area contributed by atoms with Crippen LogP contribution in [0, 0.1) is 6.92 Å². The molecule has 0 saturated carbocycles. The van der Waals surface area contributed by atoms with E-state index in [-0.39, 0.29) is 12.3 Å². The predicted molar refractivity (Wildman–Crippen MR) is 97.7 cm³/mol. The van der Waals surface area contributed by atoms with Crippen LogP contribution in [-0.2, 0) is 11.2 Å². The number of hydrogen-bond acceptors (Lipinski definition) is 3. The SMILES string of the molecule is Cc1nc(C(NC(=O)Cc2ccc(Cl)cc2Cl)c2ccccc2)n[nH]1. The van der Waals surface area contributed by atoms with Crippen molar-refractivity contribution in [1.82, 2.24) is 20.5 Å². The summed E-state index contributed by atoms with van der Waals surface area (Å²) in [6.07, 6.45) is 0.142. The summed E-state index contributed by atoms with van der Waals surface area (Å²) >= 11 is 12.0. The fourth-order valence-electron chi connectivity index (χ4n) is 2.48. The second-order valence-corrected chi connectivity index (χ2v) is 6.45. The van der Waals surface area contributed by atoms with E-state index < -0.39 is 6.04 Å². The van der Waals surface area contributed by atoms with Crippen molar-refractivity contribution < 1.29 is 4.79 Å². The number of amides is 1. The molecule has 0 aliphatic rings. The van der Waals surface area contributed by atoms with Crippen molar-refractivity contribution in [2.75, 3.05) is 0 Å². The third-order valence-electron chi connectivity index (χ3n) is 3.68. The van der Waals surface area contributed by atoms with Gasteiger partial charge >= 0.3 is 0 Å². The number of halogens is 2. The molecule has 2 N–H and O–H groups in total. The number of hydrogen-bond donors (Lipinski definition) is 2. The number of carbonyl (C=O) groups excluding carboxylic acids is 1. The first-order chi connectivity index (χ1) is 12.0. The van der Waals surface area contributed by atoms with Crippen molar-refractivity contribution in [1.29, 1.82) is 0 Å². The second-order valence-electron chi connectivity index (χ2n) is 5.60. The largest absolute Gasteiger partial charge is 0.342 e. The number of benzene rings is 2. The Morgan fingerprint density at radius 2 is 1.96 bits per heavy atom. The van der Waals surface area contributed by atoms with Gasteiger partial charge in [-0.15, -0.1) is 0 Å². The summed E-state index contributed by atoms with van der Waals surface area (Å²) in [5.41, 5.74) is 1.61. The van der Waals surface area contributed by atoms with Gasteiger partial charge in [0.05, 0.1) is 6.42 Å². The highest BCUT2D eigenvalue weighted by Gasteiger charge is 2.21. The molecule has 0 spiro atoms. The lowest BCUT2D eigenvalue weighted by atomic mass is 10.1. The Hall–Kier alpha value is -2.37. The lowest BCUT2D eigenvalue weighted by Gasteiger charge is -2.16. The normalized spacial score (nSPS) is 12.0. The van der Waals surface area contributed by atoms with Gasteiger partial charge in [-0.2, -0.15) is 5.10 Å². The minimum Gasteiger partial charge on any atom is -0.342 e. The van der Waals surface area contributed by atoms with E-state index in [2.05, 4.69) is 20.5 Å². The van der Waals surface area contributed by atoms with Gasteiger partial charge in [-0.25, -0.2) is 4.98 Å². The number of aryl methyl sites for hydroxylation is 1. The maximum Gasteiger partial charge on any atom is 0.225 e. The third-order valence-corrected chi connectivity index (χ3v) is 4.26. The lowest BCUT2D eigenvalue weighted by molar-refractivity contribution is -0.121. The molecule has 1 atom stereocenters. The Kier molecular flexibility index (Phi) is 5.36. The summed E-state index contributed by atoms with van der Waals surface area (Å²) in [6, 6.07) is 14.2. The van der Waals surface area contributed by atoms with E-state index in [9.17, 15) is 4.79 Å². The van der Waals surface area contributed by atoms with Gasteiger partial charge in [-0.05, 0) is 30.2 Å². The summed E-state index contributed by atoms with van der Waals surface area (Å²) in [5, 5.41) is 11.0. The molecule has 1 unspecified atom stereocenters. The average molecular weight is 375 g/mol. The van der Waals surface area contributed by atoms with Gasteiger partial charge in [0, 0.05) is 10.0 Å². The fraction of sp³-hybridized carbons (Fsp3) is 0.167. The minimum atomic E-state index is -0.440. The highest BCUT2D eigenvalue weighted by molar-refractivity contribution is 6.35. The first-order valence-electron chi connectivity index (χ1n) is 7.70. The molecule has 1 aromatic heterocycles. The number of rotatable bonds is 5. The van der Waals surface area contributed by atoms with Gasteiger partial charge in [0.25, 0.3) is 0 Å². The van der Waals surface area contributed by atoms with Crippen molar-refractivity contribution in [3.05, 3.63) is 81.4 Å². The quantitative estimate of drug-likeness (QED) is 0.711. The molecule has 5 nitrogen and oxygen atoms in total. The van der Waals surface area contributed by atoms with Crippen LogP contribution in [0.3, 0.4) is 0 Å². The average Bonchev–Trinajstić information content (AvgIpc) is 3.02. The van der Waals surface area contributed by atoms with Crippen LogP contribution in [0.15, 0.2) is 48.5 Å². The van der Waals surface area contributed by atoms with Gasteiger partial charge < -0.3 is 5.32 Å². The van der Waals surface area contributed by atoms with Crippen LogP contribution in [0.25, 0.3) is 0 Å². The number of carbonyl (C=O) groups is 1. The summed E-state index contributed by atoms with van der Waals surface area (Å²) in [6.45, 7) is 1.81. The zero-order valence-corrected chi connectivity index (χ0v) is 15.0. The predicted octanol–water partition coefficient (Wildman–Crippen LogP) is 3.87. The summed E-state index contributed by atoms with van der Waals surface area (Å²) in [5.74, 6) is 1.02. The molecule has 0 bridgehead atoms. The maximum absolute atomic E-state index is 12.5. The first kappa shape index (κ1) is 17.5. The van der Waals surface area contributed by atoms with Crippen molar-refractivity contribution in [2.24, 2.45) is 0 Å². The van der Waals surface area contributed by atoms with Crippen LogP contribution < -0.4 is 5.32 Å². The zero-order chi connectivity index (χ0) is 17.8. The van der Waals surface area contributed by atoms with Gasteiger partial charge in [-0.3, -0.25) is 9.89 Å². The Labute approximate surface area is 155 Å². The molecule has 3 rings (SSSR count). The summed E-state index contributed by atoms with van der Waals surface area (Å²) in [7, 11) is 0. The van der Waals surface area contributed by atoms with E-state index in [0.717, 1.165) is 5.56 Å².